The molecule has 0 bridgehead atoms. The third-order valence-corrected chi connectivity index (χ3v) is 3.80. The number of aromatic amines is 1. The van der Waals surface area contributed by atoms with Crippen LogP contribution in [0.1, 0.15) is 45.8 Å². The summed E-state index contributed by atoms with van der Waals surface area (Å²) < 4.78 is 0. The van der Waals surface area contributed by atoms with Gasteiger partial charge in [0.15, 0.2) is 0 Å². The summed E-state index contributed by atoms with van der Waals surface area (Å²) in [6.07, 6.45) is 0. The molecule has 1 aromatic carbocycles. The number of hydrogen-bond acceptors (Lipinski definition) is 2. The zero-order valence-electron chi connectivity index (χ0n) is 12.7. The van der Waals surface area contributed by atoms with Crippen molar-refractivity contribution in [2.45, 2.75) is 33.7 Å². The van der Waals surface area contributed by atoms with Gasteiger partial charge in [-0.3, -0.25) is 9.89 Å². The number of benzene rings is 1. The van der Waals surface area contributed by atoms with Gasteiger partial charge in [-0.15, -0.1) is 0 Å². The lowest BCUT2D eigenvalue weighted by Gasteiger charge is -2.25. The Morgan fingerprint density at radius 3 is 2.30 bits per heavy atom. The molecule has 1 aromatic heterocycles. The third-order valence-electron chi connectivity index (χ3n) is 3.80. The first-order valence-corrected chi connectivity index (χ1v) is 6.77. The lowest BCUT2D eigenvalue weighted by Crippen LogP contribution is -2.30. The molecule has 1 unspecified atom stereocenters. The van der Waals surface area contributed by atoms with E-state index in [0.717, 1.165) is 17.0 Å². The number of carbonyl (C=O) groups is 1. The molecule has 0 aliphatic heterocycles. The summed E-state index contributed by atoms with van der Waals surface area (Å²) in [5.74, 6) is 0.00169. The molecule has 1 heterocycles. The van der Waals surface area contributed by atoms with Crippen molar-refractivity contribution in [2.24, 2.45) is 0 Å². The molecule has 0 saturated heterocycles. The van der Waals surface area contributed by atoms with Crippen LogP contribution in [-0.4, -0.2) is 28.1 Å². The molecule has 2 rings (SSSR count). The number of H-pyrrole nitrogens is 1. The Hall–Kier alpha value is -2.10. The van der Waals surface area contributed by atoms with Crippen molar-refractivity contribution in [1.29, 1.82) is 0 Å². The minimum atomic E-state index is 0.00169. The normalized spacial score (nSPS) is 12.2. The number of carbonyl (C=O) groups excluding carboxylic acids is 1. The summed E-state index contributed by atoms with van der Waals surface area (Å²) in [5.41, 5.74) is 4.58. The largest absolute Gasteiger partial charge is 0.335 e. The summed E-state index contributed by atoms with van der Waals surface area (Å²) in [5, 5.41) is 6.95. The second-order valence-corrected chi connectivity index (χ2v) is 5.31. The topological polar surface area (TPSA) is 49.0 Å². The fraction of sp³-hybridized carbons (Fsp3) is 0.375. The number of rotatable bonds is 3. The average molecular weight is 271 g/mol. The predicted molar refractivity (Wildman–Crippen MR) is 79.7 cm³/mol. The Balaban J connectivity index is 2.24. The van der Waals surface area contributed by atoms with Crippen molar-refractivity contribution in [1.82, 2.24) is 15.1 Å². The van der Waals surface area contributed by atoms with Crippen LogP contribution in [0.15, 0.2) is 24.3 Å². The van der Waals surface area contributed by atoms with Gasteiger partial charge in [-0.2, -0.15) is 5.10 Å². The fourth-order valence-electron chi connectivity index (χ4n) is 2.29. The van der Waals surface area contributed by atoms with Gasteiger partial charge in [-0.05, 0) is 33.3 Å². The van der Waals surface area contributed by atoms with E-state index >= 15 is 0 Å². The Bertz CT molecular complexity index is 594. The van der Waals surface area contributed by atoms with Gasteiger partial charge in [-0.25, -0.2) is 0 Å². The zero-order valence-corrected chi connectivity index (χ0v) is 12.7. The predicted octanol–water partition coefficient (Wildman–Crippen LogP) is 3.17. The van der Waals surface area contributed by atoms with Gasteiger partial charge in [0.05, 0.1) is 17.3 Å². The molecule has 0 aliphatic rings. The van der Waals surface area contributed by atoms with E-state index in [1.54, 1.807) is 4.90 Å². The maximum atomic E-state index is 12.6. The molecular formula is C16H21N3O. The Morgan fingerprint density at radius 2 is 1.80 bits per heavy atom. The minimum Gasteiger partial charge on any atom is -0.335 e. The Labute approximate surface area is 119 Å². The summed E-state index contributed by atoms with van der Waals surface area (Å²) >= 11 is 0. The first-order chi connectivity index (χ1) is 9.41. The van der Waals surface area contributed by atoms with Crippen LogP contribution < -0.4 is 0 Å². The molecule has 0 fully saturated rings. The number of nitrogens with one attached hydrogen (secondary N) is 1. The van der Waals surface area contributed by atoms with E-state index in [9.17, 15) is 4.79 Å². The first-order valence-electron chi connectivity index (χ1n) is 6.77. The van der Waals surface area contributed by atoms with Crippen LogP contribution in [-0.2, 0) is 0 Å². The van der Waals surface area contributed by atoms with Gasteiger partial charge in [0.2, 0.25) is 0 Å². The Kier molecular flexibility index (Phi) is 3.93. The lowest BCUT2D eigenvalue weighted by molar-refractivity contribution is 0.0741. The van der Waals surface area contributed by atoms with Gasteiger partial charge >= 0.3 is 0 Å². The molecule has 0 saturated carbocycles. The molecule has 0 aliphatic carbocycles. The second-order valence-electron chi connectivity index (χ2n) is 5.31. The van der Waals surface area contributed by atoms with Crippen molar-refractivity contribution in [2.75, 3.05) is 7.05 Å². The van der Waals surface area contributed by atoms with Crippen molar-refractivity contribution in [3.8, 4) is 0 Å². The van der Waals surface area contributed by atoms with Crippen molar-refractivity contribution in [3.05, 3.63) is 52.3 Å². The van der Waals surface area contributed by atoms with Gasteiger partial charge in [0.25, 0.3) is 5.91 Å². The second kappa shape index (κ2) is 5.49. The molecule has 1 atom stereocenters. The number of amides is 1. The smallest absolute Gasteiger partial charge is 0.257 e. The average Bonchev–Trinajstić information content (AvgIpc) is 2.76. The maximum Gasteiger partial charge on any atom is 0.257 e. The molecule has 106 valence electrons. The highest BCUT2D eigenvalue weighted by Crippen LogP contribution is 2.22. The molecule has 4 nitrogen and oxygen atoms in total. The van der Waals surface area contributed by atoms with E-state index in [4.69, 9.17) is 0 Å². The van der Waals surface area contributed by atoms with E-state index in [1.165, 1.54) is 5.56 Å². The van der Waals surface area contributed by atoms with Gasteiger partial charge in [0.1, 0.15) is 0 Å². The summed E-state index contributed by atoms with van der Waals surface area (Å²) in [6.45, 7) is 7.81. The first kappa shape index (κ1) is 14.3. The van der Waals surface area contributed by atoms with Crippen LogP contribution in [0.5, 0.6) is 0 Å². The number of nitrogens with zero attached hydrogens (tertiary/aromatic N) is 2. The van der Waals surface area contributed by atoms with Crippen LogP contribution in [0.3, 0.4) is 0 Å². The van der Waals surface area contributed by atoms with Crippen molar-refractivity contribution < 1.29 is 4.79 Å². The number of aromatic nitrogens is 2. The standard InChI is InChI=1S/C16H21N3O/c1-10-6-8-14(9-7-10)13(4)19(5)16(20)15-11(2)17-18-12(15)3/h6-9,13H,1-5H3,(H,17,18). The summed E-state index contributed by atoms with van der Waals surface area (Å²) in [7, 11) is 1.83. The quantitative estimate of drug-likeness (QED) is 0.932. The van der Waals surface area contributed by atoms with Crippen LogP contribution in [0.2, 0.25) is 0 Å². The summed E-state index contributed by atoms with van der Waals surface area (Å²) in [4.78, 5) is 14.4. The highest BCUT2D eigenvalue weighted by atomic mass is 16.2. The van der Waals surface area contributed by atoms with E-state index in [1.807, 2.05) is 27.8 Å². The van der Waals surface area contributed by atoms with Crippen LogP contribution in [0.25, 0.3) is 0 Å². The van der Waals surface area contributed by atoms with E-state index < -0.39 is 0 Å². The molecule has 2 aromatic rings. The van der Waals surface area contributed by atoms with Gasteiger partial charge in [0, 0.05) is 12.7 Å². The third kappa shape index (κ3) is 2.59. The van der Waals surface area contributed by atoms with Crippen LogP contribution in [0.4, 0.5) is 0 Å². The van der Waals surface area contributed by atoms with E-state index in [2.05, 4.69) is 41.4 Å². The van der Waals surface area contributed by atoms with Crippen molar-refractivity contribution in [3.63, 3.8) is 0 Å². The summed E-state index contributed by atoms with van der Waals surface area (Å²) in [6, 6.07) is 8.30. The molecule has 0 spiro atoms. The van der Waals surface area contributed by atoms with E-state index in [0.29, 0.717) is 5.56 Å². The SMILES string of the molecule is Cc1ccc(C(C)N(C)C(=O)c2c(C)n[nH]c2C)cc1. The maximum absolute atomic E-state index is 12.6. The van der Waals surface area contributed by atoms with Gasteiger partial charge < -0.3 is 4.90 Å². The molecule has 4 heteroatoms. The molecule has 1 amide bonds. The van der Waals surface area contributed by atoms with E-state index in [-0.39, 0.29) is 11.9 Å². The molecule has 1 N–H and O–H groups in total. The van der Waals surface area contributed by atoms with Crippen molar-refractivity contribution >= 4 is 5.91 Å². The minimum absolute atomic E-state index is 0.00169. The van der Waals surface area contributed by atoms with Crippen LogP contribution >= 0.6 is 0 Å². The molecule has 0 radical (unpaired) electrons. The fourth-order valence-corrected chi connectivity index (χ4v) is 2.29. The molecule has 20 heavy (non-hydrogen) atoms. The number of aryl methyl sites for hydroxylation is 3. The zero-order chi connectivity index (χ0) is 14.9. The Morgan fingerprint density at radius 1 is 1.20 bits per heavy atom. The van der Waals surface area contributed by atoms with Crippen LogP contribution in [0, 0.1) is 20.8 Å². The monoisotopic (exact) mass is 271 g/mol. The highest BCUT2D eigenvalue weighted by molar-refractivity contribution is 5.96. The number of hydrogen-bond donors (Lipinski definition) is 1. The molecular weight excluding hydrogens is 250 g/mol. The van der Waals surface area contributed by atoms with Gasteiger partial charge in [-0.1, -0.05) is 29.8 Å². The lowest BCUT2D eigenvalue weighted by atomic mass is 10.0. The highest BCUT2D eigenvalue weighted by Gasteiger charge is 2.23.